The molecule has 0 saturated carbocycles. The summed E-state index contributed by atoms with van der Waals surface area (Å²) in [6, 6.07) is 1.83. The minimum Gasteiger partial charge on any atom is -0.478 e. The average molecular weight is 316 g/mol. The number of aromatic carboxylic acids is 1. The van der Waals surface area contributed by atoms with Gasteiger partial charge in [-0.15, -0.1) is 0 Å². The highest BCUT2D eigenvalue weighted by molar-refractivity contribution is 7.89. The summed E-state index contributed by atoms with van der Waals surface area (Å²) in [5.41, 5.74) is -0.801. The summed E-state index contributed by atoms with van der Waals surface area (Å²) in [6.45, 7) is 1.18. The SMILES string of the molecule is Cc1cc(S(=O)(=O)N2CCNC(=O)C2)cc(C(=O)O)c1F. The highest BCUT2D eigenvalue weighted by Gasteiger charge is 2.30. The number of nitrogens with zero attached hydrogens (tertiary/aromatic N) is 1. The molecule has 0 aromatic heterocycles. The van der Waals surface area contributed by atoms with Crippen molar-refractivity contribution in [1.29, 1.82) is 0 Å². The average Bonchev–Trinajstić information content (AvgIpc) is 2.41. The molecule has 21 heavy (non-hydrogen) atoms. The van der Waals surface area contributed by atoms with E-state index in [1.807, 2.05) is 0 Å². The Labute approximate surface area is 120 Å². The number of carbonyl (C=O) groups is 2. The Morgan fingerprint density at radius 1 is 1.43 bits per heavy atom. The third-order valence-electron chi connectivity index (χ3n) is 3.10. The van der Waals surface area contributed by atoms with E-state index in [0.717, 1.165) is 16.4 Å². The normalized spacial score (nSPS) is 16.6. The molecule has 2 rings (SSSR count). The maximum atomic E-state index is 13.7. The van der Waals surface area contributed by atoms with E-state index in [0.29, 0.717) is 0 Å². The molecule has 1 aliphatic heterocycles. The van der Waals surface area contributed by atoms with Gasteiger partial charge in [0.25, 0.3) is 0 Å². The highest BCUT2D eigenvalue weighted by Crippen LogP contribution is 2.22. The summed E-state index contributed by atoms with van der Waals surface area (Å²) in [5, 5.41) is 11.4. The lowest BCUT2D eigenvalue weighted by molar-refractivity contribution is -0.122. The van der Waals surface area contributed by atoms with Crippen LogP contribution in [0.15, 0.2) is 17.0 Å². The van der Waals surface area contributed by atoms with Crippen molar-refractivity contribution in [2.75, 3.05) is 19.6 Å². The van der Waals surface area contributed by atoms with Gasteiger partial charge < -0.3 is 10.4 Å². The van der Waals surface area contributed by atoms with Gasteiger partial charge in [0.05, 0.1) is 17.0 Å². The number of carboxylic acid groups (broad SMARTS) is 1. The van der Waals surface area contributed by atoms with Gasteiger partial charge in [0, 0.05) is 13.1 Å². The number of halogens is 1. The molecule has 0 spiro atoms. The van der Waals surface area contributed by atoms with Crippen LogP contribution in [0.2, 0.25) is 0 Å². The second kappa shape index (κ2) is 5.41. The van der Waals surface area contributed by atoms with Crippen LogP contribution in [-0.2, 0) is 14.8 Å². The van der Waals surface area contributed by atoms with Crippen LogP contribution in [0.5, 0.6) is 0 Å². The lowest BCUT2D eigenvalue weighted by atomic mass is 10.1. The van der Waals surface area contributed by atoms with Gasteiger partial charge in [0.15, 0.2) is 0 Å². The molecule has 0 bridgehead atoms. The van der Waals surface area contributed by atoms with Crippen molar-refractivity contribution in [3.05, 3.63) is 29.1 Å². The Balaban J connectivity index is 2.50. The first-order valence-electron chi connectivity index (χ1n) is 6.04. The van der Waals surface area contributed by atoms with Crippen molar-refractivity contribution < 1.29 is 27.5 Å². The van der Waals surface area contributed by atoms with Crippen LogP contribution in [-0.4, -0.2) is 49.3 Å². The monoisotopic (exact) mass is 316 g/mol. The summed E-state index contributed by atoms with van der Waals surface area (Å²) in [4.78, 5) is 21.9. The van der Waals surface area contributed by atoms with E-state index in [9.17, 15) is 22.4 Å². The molecule has 114 valence electrons. The van der Waals surface area contributed by atoms with E-state index in [1.165, 1.54) is 6.92 Å². The maximum Gasteiger partial charge on any atom is 0.338 e. The van der Waals surface area contributed by atoms with Gasteiger partial charge >= 0.3 is 5.97 Å². The van der Waals surface area contributed by atoms with E-state index in [1.54, 1.807) is 0 Å². The lowest BCUT2D eigenvalue weighted by Crippen LogP contribution is -2.49. The van der Waals surface area contributed by atoms with Gasteiger partial charge in [-0.05, 0) is 24.6 Å². The van der Waals surface area contributed by atoms with Gasteiger partial charge in [-0.2, -0.15) is 4.31 Å². The predicted octanol–water partition coefficient (Wildman–Crippen LogP) is -0.0472. The smallest absolute Gasteiger partial charge is 0.338 e. The van der Waals surface area contributed by atoms with Crippen molar-refractivity contribution in [2.24, 2.45) is 0 Å². The number of carbonyl (C=O) groups excluding carboxylic acids is 1. The number of carboxylic acids is 1. The maximum absolute atomic E-state index is 13.7. The van der Waals surface area contributed by atoms with Crippen LogP contribution in [0, 0.1) is 12.7 Å². The van der Waals surface area contributed by atoms with Crippen molar-refractivity contribution in [1.82, 2.24) is 9.62 Å². The van der Waals surface area contributed by atoms with E-state index >= 15 is 0 Å². The predicted molar refractivity (Wildman–Crippen MR) is 69.9 cm³/mol. The molecule has 2 N–H and O–H groups in total. The highest BCUT2D eigenvalue weighted by atomic mass is 32.2. The van der Waals surface area contributed by atoms with Gasteiger partial charge in [0.1, 0.15) is 5.82 Å². The second-order valence-corrected chi connectivity index (χ2v) is 6.53. The summed E-state index contributed by atoms with van der Waals surface area (Å²) >= 11 is 0. The number of nitrogens with one attached hydrogen (secondary N) is 1. The summed E-state index contributed by atoms with van der Waals surface area (Å²) < 4.78 is 39.4. The lowest BCUT2D eigenvalue weighted by Gasteiger charge is -2.26. The molecule has 1 heterocycles. The first kappa shape index (κ1) is 15.4. The first-order valence-corrected chi connectivity index (χ1v) is 7.48. The molecule has 1 aromatic carbocycles. The number of amides is 1. The minimum absolute atomic E-state index is 0.0763. The topological polar surface area (TPSA) is 104 Å². The molecule has 1 aromatic rings. The fourth-order valence-electron chi connectivity index (χ4n) is 2.01. The standard InChI is InChI=1S/C12H13FN2O5S/c1-7-4-8(5-9(11(7)13)12(17)18)21(19,20)15-3-2-14-10(16)6-15/h4-5H,2-3,6H2,1H3,(H,14,16)(H,17,18). The van der Waals surface area contributed by atoms with Crippen molar-refractivity contribution in [3.8, 4) is 0 Å². The van der Waals surface area contributed by atoms with Crippen LogP contribution in [0.25, 0.3) is 0 Å². The Morgan fingerprint density at radius 2 is 2.10 bits per heavy atom. The Morgan fingerprint density at radius 3 is 2.67 bits per heavy atom. The minimum atomic E-state index is -4.05. The number of hydrogen-bond acceptors (Lipinski definition) is 4. The van der Waals surface area contributed by atoms with Gasteiger partial charge in [-0.1, -0.05) is 0 Å². The molecule has 9 heteroatoms. The van der Waals surface area contributed by atoms with E-state index in [2.05, 4.69) is 5.32 Å². The number of rotatable bonds is 3. The van der Waals surface area contributed by atoms with E-state index < -0.39 is 33.3 Å². The molecular weight excluding hydrogens is 303 g/mol. The molecule has 0 atom stereocenters. The number of aryl methyl sites for hydroxylation is 1. The zero-order chi connectivity index (χ0) is 15.8. The van der Waals surface area contributed by atoms with E-state index in [-0.39, 0.29) is 30.1 Å². The Kier molecular flexibility index (Phi) is 3.97. The molecule has 1 saturated heterocycles. The molecule has 1 aliphatic rings. The Bertz CT molecular complexity index is 717. The number of sulfonamides is 1. The van der Waals surface area contributed by atoms with Crippen LogP contribution in [0.1, 0.15) is 15.9 Å². The van der Waals surface area contributed by atoms with Crippen LogP contribution >= 0.6 is 0 Å². The fraction of sp³-hybridized carbons (Fsp3) is 0.333. The largest absolute Gasteiger partial charge is 0.478 e. The van der Waals surface area contributed by atoms with Crippen LogP contribution < -0.4 is 5.32 Å². The van der Waals surface area contributed by atoms with Gasteiger partial charge in [-0.3, -0.25) is 4.79 Å². The number of piperazine rings is 1. The number of hydrogen-bond donors (Lipinski definition) is 2. The Hall–Kier alpha value is -2.00. The quantitative estimate of drug-likeness (QED) is 0.814. The molecule has 1 fully saturated rings. The summed E-state index contributed by atoms with van der Waals surface area (Å²) in [5.74, 6) is -2.97. The van der Waals surface area contributed by atoms with E-state index in [4.69, 9.17) is 5.11 Å². The third kappa shape index (κ3) is 2.88. The molecule has 0 radical (unpaired) electrons. The van der Waals surface area contributed by atoms with Crippen LogP contribution in [0.4, 0.5) is 4.39 Å². The van der Waals surface area contributed by atoms with Crippen LogP contribution in [0.3, 0.4) is 0 Å². The molecular formula is C12H13FN2O5S. The summed E-state index contributed by atoms with van der Waals surface area (Å²) in [7, 11) is -4.05. The second-order valence-electron chi connectivity index (χ2n) is 4.60. The molecule has 7 nitrogen and oxygen atoms in total. The first-order chi connectivity index (χ1) is 9.73. The fourth-order valence-corrected chi connectivity index (χ4v) is 3.52. The van der Waals surface area contributed by atoms with Crippen molar-refractivity contribution >= 4 is 21.9 Å². The summed E-state index contributed by atoms with van der Waals surface area (Å²) in [6.07, 6.45) is 0. The molecule has 0 aliphatic carbocycles. The van der Waals surface area contributed by atoms with Crippen molar-refractivity contribution in [2.45, 2.75) is 11.8 Å². The molecule has 0 unspecified atom stereocenters. The zero-order valence-electron chi connectivity index (χ0n) is 11.1. The van der Waals surface area contributed by atoms with Crippen molar-refractivity contribution in [3.63, 3.8) is 0 Å². The zero-order valence-corrected chi connectivity index (χ0v) is 11.9. The van der Waals surface area contributed by atoms with Gasteiger partial charge in [-0.25, -0.2) is 17.6 Å². The van der Waals surface area contributed by atoms with Gasteiger partial charge in [0.2, 0.25) is 15.9 Å². The number of benzene rings is 1. The third-order valence-corrected chi connectivity index (χ3v) is 4.92. The molecule has 1 amide bonds.